The third kappa shape index (κ3) is 4.21. The molecule has 0 bridgehead atoms. The second-order valence-corrected chi connectivity index (χ2v) is 3.58. The molecule has 0 aliphatic carbocycles. The van der Waals surface area contributed by atoms with Gasteiger partial charge in [0.2, 0.25) is 5.88 Å². The lowest BCUT2D eigenvalue weighted by molar-refractivity contribution is -0.139. The largest absolute Gasteiger partial charge is 0.480 e. The fourth-order valence-corrected chi connectivity index (χ4v) is 1.16. The van der Waals surface area contributed by atoms with Gasteiger partial charge >= 0.3 is 12.2 Å². The first-order valence-electron chi connectivity index (χ1n) is 4.18. The van der Waals surface area contributed by atoms with Gasteiger partial charge in [-0.2, -0.15) is 18.2 Å². The quantitative estimate of drug-likeness (QED) is 0.857. The average molecular weight is 301 g/mol. The van der Waals surface area contributed by atoms with E-state index in [9.17, 15) is 13.2 Å². The predicted molar refractivity (Wildman–Crippen MR) is 52.5 cm³/mol. The second-order valence-electron chi connectivity index (χ2n) is 2.72. The maximum absolute atomic E-state index is 11.8. The van der Waals surface area contributed by atoms with Crippen molar-refractivity contribution >= 4 is 15.9 Å². The summed E-state index contributed by atoms with van der Waals surface area (Å²) in [6.45, 7) is -0.520. The zero-order chi connectivity index (χ0) is 12.2. The van der Waals surface area contributed by atoms with Gasteiger partial charge in [-0.1, -0.05) is 0 Å². The van der Waals surface area contributed by atoms with Gasteiger partial charge in [-0.25, -0.2) is 4.98 Å². The van der Waals surface area contributed by atoms with Gasteiger partial charge < -0.3 is 9.47 Å². The normalized spacial score (nSPS) is 11.3. The van der Waals surface area contributed by atoms with Crippen molar-refractivity contribution in [2.45, 2.75) is 12.6 Å². The molecule has 1 aromatic rings. The minimum Gasteiger partial charge on any atom is -0.480 e. The van der Waals surface area contributed by atoms with E-state index in [4.69, 9.17) is 9.47 Å². The molecule has 0 fully saturated rings. The van der Waals surface area contributed by atoms with E-state index in [1.165, 1.54) is 13.3 Å². The summed E-state index contributed by atoms with van der Waals surface area (Å²) in [4.78, 5) is 7.42. The summed E-state index contributed by atoms with van der Waals surface area (Å²) in [5, 5.41) is 0. The maximum Gasteiger partial charge on any atom is 0.392 e. The molecule has 0 N–H and O–H groups in total. The summed E-state index contributed by atoms with van der Waals surface area (Å²) in [6, 6.07) is -0.149. The topological polar surface area (TPSA) is 44.2 Å². The lowest BCUT2D eigenvalue weighted by Gasteiger charge is -2.08. The lowest BCUT2D eigenvalue weighted by atomic mass is 10.4. The molecule has 90 valence electrons. The Labute approximate surface area is 97.9 Å². The molecule has 0 saturated carbocycles. The molecule has 0 radical (unpaired) electrons. The van der Waals surface area contributed by atoms with Gasteiger partial charge in [0.25, 0.3) is 0 Å². The van der Waals surface area contributed by atoms with E-state index >= 15 is 0 Å². The van der Waals surface area contributed by atoms with E-state index in [0.717, 1.165) is 0 Å². The van der Waals surface area contributed by atoms with Crippen molar-refractivity contribution in [3.05, 3.63) is 10.7 Å². The molecule has 0 amide bonds. The SMILES string of the molecule is COc1nc(OCCC(F)(F)F)ncc1Br. The van der Waals surface area contributed by atoms with Crippen LogP contribution in [0.3, 0.4) is 0 Å². The highest BCUT2D eigenvalue weighted by atomic mass is 79.9. The first kappa shape index (κ1) is 13.0. The first-order chi connectivity index (χ1) is 7.42. The zero-order valence-electron chi connectivity index (χ0n) is 8.21. The molecular formula is C8H8BrF3N2O2. The van der Waals surface area contributed by atoms with Crippen LogP contribution in [-0.4, -0.2) is 29.9 Å². The smallest absolute Gasteiger partial charge is 0.392 e. The number of alkyl halides is 3. The summed E-state index contributed by atoms with van der Waals surface area (Å²) in [6.07, 6.45) is -3.96. The molecule has 1 heterocycles. The van der Waals surface area contributed by atoms with Gasteiger partial charge in [-0.3, -0.25) is 0 Å². The molecule has 0 aromatic carbocycles. The van der Waals surface area contributed by atoms with E-state index in [2.05, 4.69) is 25.9 Å². The van der Waals surface area contributed by atoms with Crippen LogP contribution in [0.25, 0.3) is 0 Å². The van der Waals surface area contributed by atoms with Crippen LogP contribution in [0.5, 0.6) is 11.9 Å². The Morgan fingerprint density at radius 1 is 1.44 bits per heavy atom. The monoisotopic (exact) mass is 300 g/mol. The molecule has 8 heteroatoms. The van der Waals surface area contributed by atoms with Crippen LogP contribution in [0.15, 0.2) is 10.7 Å². The molecule has 4 nitrogen and oxygen atoms in total. The summed E-state index contributed by atoms with van der Waals surface area (Å²) in [7, 11) is 1.38. The molecule has 0 unspecified atom stereocenters. The first-order valence-corrected chi connectivity index (χ1v) is 4.98. The average Bonchev–Trinajstić information content (AvgIpc) is 2.18. The van der Waals surface area contributed by atoms with E-state index in [1.807, 2.05) is 0 Å². The van der Waals surface area contributed by atoms with Crippen molar-refractivity contribution in [2.75, 3.05) is 13.7 Å². The Morgan fingerprint density at radius 2 is 2.12 bits per heavy atom. The van der Waals surface area contributed by atoms with Crippen molar-refractivity contribution in [1.29, 1.82) is 0 Å². The fourth-order valence-electron chi connectivity index (χ4n) is 0.807. The highest BCUT2D eigenvalue weighted by Crippen LogP contribution is 2.23. The minimum atomic E-state index is -4.25. The molecule has 0 atom stereocenters. The van der Waals surface area contributed by atoms with Crippen molar-refractivity contribution in [2.24, 2.45) is 0 Å². The summed E-state index contributed by atoms with van der Waals surface area (Å²) >= 11 is 3.10. The molecule has 0 spiro atoms. The zero-order valence-corrected chi connectivity index (χ0v) is 9.80. The van der Waals surface area contributed by atoms with Crippen LogP contribution in [0.2, 0.25) is 0 Å². The lowest BCUT2D eigenvalue weighted by Crippen LogP contribution is -2.14. The van der Waals surface area contributed by atoms with E-state index < -0.39 is 19.2 Å². The van der Waals surface area contributed by atoms with Crippen molar-refractivity contribution in [3.8, 4) is 11.9 Å². The number of hydrogen-bond donors (Lipinski definition) is 0. The Hall–Kier alpha value is -1.05. The Kier molecular flexibility index (Phi) is 4.34. The third-order valence-electron chi connectivity index (χ3n) is 1.50. The number of methoxy groups -OCH3 is 1. The van der Waals surface area contributed by atoms with Crippen molar-refractivity contribution in [3.63, 3.8) is 0 Å². The highest BCUT2D eigenvalue weighted by molar-refractivity contribution is 9.10. The van der Waals surface area contributed by atoms with Crippen LogP contribution in [0.1, 0.15) is 6.42 Å². The predicted octanol–water partition coefficient (Wildman–Crippen LogP) is 2.58. The third-order valence-corrected chi connectivity index (χ3v) is 2.04. The summed E-state index contributed by atoms with van der Waals surface area (Å²) in [5.41, 5.74) is 0. The van der Waals surface area contributed by atoms with Crippen LogP contribution >= 0.6 is 15.9 Å². The minimum absolute atomic E-state index is 0.149. The maximum atomic E-state index is 11.8. The van der Waals surface area contributed by atoms with Gasteiger partial charge in [-0.05, 0) is 15.9 Å². The van der Waals surface area contributed by atoms with Crippen LogP contribution in [0, 0.1) is 0 Å². The Morgan fingerprint density at radius 3 is 2.69 bits per heavy atom. The number of rotatable bonds is 4. The van der Waals surface area contributed by atoms with Gasteiger partial charge in [0.05, 0.1) is 24.2 Å². The molecule has 0 aliphatic rings. The standard InChI is InChI=1S/C8H8BrF3N2O2/c1-15-6-5(9)4-13-7(14-6)16-3-2-8(10,11)12/h4H,2-3H2,1H3. The number of halogens is 4. The molecule has 16 heavy (non-hydrogen) atoms. The second kappa shape index (κ2) is 5.33. The molecule has 1 aromatic heterocycles. The van der Waals surface area contributed by atoms with Crippen molar-refractivity contribution in [1.82, 2.24) is 9.97 Å². The highest BCUT2D eigenvalue weighted by Gasteiger charge is 2.27. The van der Waals surface area contributed by atoms with E-state index in [0.29, 0.717) is 4.47 Å². The summed E-state index contributed by atoms with van der Waals surface area (Å²) in [5.74, 6) is 0.206. The van der Waals surface area contributed by atoms with E-state index in [-0.39, 0.29) is 11.9 Å². The van der Waals surface area contributed by atoms with Gasteiger partial charge in [0.15, 0.2) is 0 Å². The van der Waals surface area contributed by atoms with Crippen LogP contribution < -0.4 is 9.47 Å². The van der Waals surface area contributed by atoms with Crippen LogP contribution in [0.4, 0.5) is 13.2 Å². The Bertz CT molecular complexity index is 360. The van der Waals surface area contributed by atoms with Gasteiger partial charge in [0.1, 0.15) is 6.61 Å². The van der Waals surface area contributed by atoms with Crippen LogP contribution in [-0.2, 0) is 0 Å². The number of aromatic nitrogens is 2. The molecule has 0 saturated heterocycles. The molecular weight excluding hydrogens is 293 g/mol. The fraction of sp³-hybridized carbons (Fsp3) is 0.500. The van der Waals surface area contributed by atoms with Crippen molar-refractivity contribution < 1.29 is 22.6 Å². The molecule has 0 aliphatic heterocycles. The Balaban J connectivity index is 2.55. The number of nitrogens with zero attached hydrogens (tertiary/aromatic N) is 2. The van der Waals surface area contributed by atoms with Gasteiger partial charge in [0, 0.05) is 0 Å². The molecule has 1 rings (SSSR count). The number of hydrogen-bond acceptors (Lipinski definition) is 4. The summed E-state index contributed by atoms with van der Waals surface area (Å²) < 4.78 is 45.5. The van der Waals surface area contributed by atoms with E-state index in [1.54, 1.807) is 0 Å². The number of ether oxygens (including phenoxy) is 2. The van der Waals surface area contributed by atoms with Gasteiger partial charge in [-0.15, -0.1) is 0 Å².